The number of rotatable bonds is 4. The maximum Gasteiger partial charge on any atom is 1.00 e. The first kappa shape index (κ1) is 18.1. The summed E-state index contributed by atoms with van der Waals surface area (Å²) >= 11 is 11.2. The average Bonchev–Trinajstić information content (AvgIpc) is 1.80. The first-order valence-electron chi connectivity index (χ1n) is 2.92. The third-order valence-corrected chi connectivity index (χ3v) is 3.11. The summed E-state index contributed by atoms with van der Waals surface area (Å²) in [7, 11) is -1.38. The van der Waals surface area contributed by atoms with Crippen LogP contribution in [0.2, 0.25) is 6.04 Å². The zero-order chi connectivity index (χ0) is 7.11. The van der Waals surface area contributed by atoms with Crippen LogP contribution in [0, 0.1) is 18.8 Å². The van der Waals surface area contributed by atoms with E-state index in [0.29, 0.717) is 6.42 Å². The van der Waals surface area contributed by atoms with Gasteiger partial charge in [0.05, 0.1) is 6.07 Å². The van der Waals surface area contributed by atoms with Crippen LogP contribution in [-0.4, -0.2) is 7.42 Å². The molecule has 0 aromatic heterocycles. The number of hydrogen-bond acceptors (Lipinski definition) is 1. The molecule has 0 saturated heterocycles. The summed E-state index contributed by atoms with van der Waals surface area (Å²) in [4.78, 5) is 0. The van der Waals surface area contributed by atoms with Gasteiger partial charge in [-0.25, -0.2) is 0 Å². The van der Waals surface area contributed by atoms with Gasteiger partial charge in [0, 0.05) is 6.42 Å². The van der Waals surface area contributed by atoms with Crippen molar-refractivity contribution in [3.05, 3.63) is 7.43 Å². The van der Waals surface area contributed by atoms with Gasteiger partial charge in [-0.1, -0.05) is 6.42 Å². The summed E-state index contributed by atoms with van der Waals surface area (Å²) < 4.78 is 0. The Labute approximate surface area is 102 Å². The fourth-order valence-electron chi connectivity index (χ4n) is 0.503. The zero-order valence-corrected chi connectivity index (χ0v) is 11.8. The molecule has 0 saturated carbocycles. The predicted molar refractivity (Wildman–Crippen MR) is 49.5 cm³/mol. The molecule has 0 aliphatic rings. The van der Waals surface area contributed by atoms with Gasteiger partial charge in [-0.3, -0.25) is 0 Å². The molecule has 0 atom stereocenters. The Morgan fingerprint density at radius 2 is 1.82 bits per heavy atom. The van der Waals surface area contributed by atoms with E-state index in [1.54, 1.807) is 0 Å². The number of hydrogen-bond donors (Lipinski definition) is 0. The van der Waals surface area contributed by atoms with Crippen LogP contribution < -0.4 is 29.6 Å². The monoisotopic (exact) mass is 219 g/mol. The normalized spacial score (nSPS) is 7.82. The van der Waals surface area contributed by atoms with Gasteiger partial charge in [-0.15, -0.1) is 0 Å². The molecule has 60 valence electrons. The summed E-state index contributed by atoms with van der Waals surface area (Å²) in [5.74, 6) is 0. The Morgan fingerprint density at radius 1 is 1.27 bits per heavy atom. The van der Waals surface area contributed by atoms with Gasteiger partial charge in [-0.2, -0.15) is 27.4 Å². The molecule has 11 heavy (non-hydrogen) atoms. The van der Waals surface area contributed by atoms with E-state index in [1.807, 2.05) is 0 Å². The molecule has 0 radical (unpaired) electrons. The van der Waals surface area contributed by atoms with Crippen molar-refractivity contribution in [3.8, 4) is 6.07 Å². The fourth-order valence-corrected chi connectivity index (χ4v) is 2.03. The second-order valence-corrected chi connectivity index (χ2v) is 6.99. The molecule has 0 aliphatic carbocycles. The molecule has 1 nitrogen and oxygen atoms in total. The minimum Gasteiger partial charge on any atom is -0.358 e. The van der Waals surface area contributed by atoms with Crippen molar-refractivity contribution in [2.75, 3.05) is 0 Å². The van der Waals surface area contributed by atoms with Crippen LogP contribution in [0.3, 0.4) is 0 Å². The van der Waals surface area contributed by atoms with Crippen molar-refractivity contribution < 1.29 is 29.6 Å². The number of halogens is 2. The summed E-state index contributed by atoms with van der Waals surface area (Å²) in [6.07, 6.45) is 2.59. The SMILES string of the molecule is N#CCCCC[SiH](Cl)Cl.[CH3-].[Na+]. The van der Waals surface area contributed by atoms with Crippen molar-refractivity contribution in [1.29, 1.82) is 5.26 Å². The minimum atomic E-state index is -1.38. The largest absolute Gasteiger partial charge is 1.00 e. The fraction of sp³-hybridized carbons (Fsp3) is 0.667. The van der Waals surface area contributed by atoms with Crippen molar-refractivity contribution >= 4 is 29.6 Å². The van der Waals surface area contributed by atoms with Crippen LogP contribution in [0.25, 0.3) is 0 Å². The van der Waals surface area contributed by atoms with Crippen molar-refractivity contribution in [1.82, 2.24) is 0 Å². The van der Waals surface area contributed by atoms with Crippen molar-refractivity contribution in [3.63, 3.8) is 0 Å². The second-order valence-electron chi connectivity index (χ2n) is 1.79. The summed E-state index contributed by atoms with van der Waals surface area (Å²) in [5.41, 5.74) is 0. The van der Waals surface area contributed by atoms with Gasteiger partial charge >= 0.3 is 29.6 Å². The molecule has 5 heteroatoms. The first-order chi connectivity index (χ1) is 4.27. The molecule has 0 bridgehead atoms. The van der Waals surface area contributed by atoms with E-state index < -0.39 is 7.42 Å². The Balaban J connectivity index is -0.000000320. The molecule has 0 rings (SSSR count). The Kier molecular flexibility index (Phi) is 22.8. The maximum absolute atomic E-state index is 8.13. The van der Waals surface area contributed by atoms with Crippen molar-refractivity contribution in [2.24, 2.45) is 0 Å². The maximum atomic E-state index is 8.13. The molecule has 0 aromatic rings. The van der Waals surface area contributed by atoms with Gasteiger partial charge in [-0.05, 0) is 12.5 Å². The minimum absolute atomic E-state index is 0. The van der Waals surface area contributed by atoms with Gasteiger partial charge in [0.15, 0.2) is 0 Å². The Morgan fingerprint density at radius 3 is 2.18 bits per heavy atom. The van der Waals surface area contributed by atoms with E-state index in [9.17, 15) is 0 Å². The quantitative estimate of drug-likeness (QED) is 0.279. The molecular formula is C6H12Cl2NNaSi. The van der Waals surface area contributed by atoms with Crippen LogP contribution >= 0.6 is 22.2 Å². The van der Waals surface area contributed by atoms with Gasteiger partial charge in [0.2, 0.25) is 7.42 Å². The van der Waals surface area contributed by atoms with Crippen LogP contribution in [0.5, 0.6) is 0 Å². The van der Waals surface area contributed by atoms with Gasteiger partial charge < -0.3 is 7.43 Å². The Bertz CT molecular complexity index is 105. The molecular weight excluding hydrogens is 208 g/mol. The summed E-state index contributed by atoms with van der Waals surface area (Å²) in [5, 5.41) is 8.13. The van der Waals surface area contributed by atoms with E-state index in [1.165, 1.54) is 0 Å². The molecule has 0 amide bonds. The number of nitriles is 1. The molecule has 0 N–H and O–H groups in total. The second kappa shape index (κ2) is 13.8. The third-order valence-electron chi connectivity index (χ3n) is 0.961. The van der Waals surface area contributed by atoms with E-state index >= 15 is 0 Å². The predicted octanol–water partition coefficient (Wildman–Crippen LogP) is -0.167. The summed E-state index contributed by atoms with van der Waals surface area (Å²) in [6.45, 7) is 0. The average molecular weight is 220 g/mol. The van der Waals surface area contributed by atoms with Gasteiger partial charge in [0.1, 0.15) is 0 Å². The molecule has 0 aliphatic heterocycles. The van der Waals surface area contributed by atoms with E-state index in [0.717, 1.165) is 18.9 Å². The molecule has 0 spiro atoms. The number of unbranched alkanes of at least 4 members (excludes halogenated alkanes) is 2. The van der Waals surface area contributed by atoms with Crippen LogP contribution in [0.4, 0.5) is 0 Å². The van der Waals surface area contributed by atoms with Crippen molar-refractivity contribution in [2.45, 2.75) is 25.3 Å². The van der Waals surface area contributed by atoms with Crippen LogP contribution in [0.1, 0.15) is 19.3 Å². The van der Waals surface area contributed by atoms with Gasteiger partial charge in [0.25, 0.3) is 0 Å². The zero-order valence-electron chi connectivity index (χ0n) is 7.11. The molecule has 0 heterocycles. The first-order valence-corrected chi connectivity index (χ1v) is 7.23. The van der Waals surface area contributed by atoms with Crippen LogP contribution in [-0.2, 0) is 0 Å². The van der Waals surface area contributed by atoms with E-state index in [2.05, 4.69) is 6.07 Å². The molecule has 0 unspecified atom stereocenters. The topological polar surface area (TPSA) is 23.8 Å². The third kappa shape index (κ3) is 18.3. The standard InChI is InChI=1S/C5H9Cl2NSi.CH3.Na/c6-9(7)5-3-1-2-4-8;;/h9H,1-3,5H2;1H3;/q;-1;+1. The van der Waals surface area contributed by atoms with E-state index in [-0.39, 0.29) is 37.0 Å². The summed E-state index contributed by atoms with van der Waals surface area (Å²) in [6, 6.07) is 3.01. The Hall–Kier alpha value is 1.29. The molecule has 0 fully saturated rings. The molecule has 0 aromatic carbocycles. The van der Waals surface area contributed by atoms with E-state index in [4.69, 9.17) is 27.4 Å². The smallest absolute Gasteiger partial charge is 0.358 e. The van der Waals surface area contributed by atoms with Crippen LogP contribution in [0.15, 0.2) is 0 Å². The number of nitrogens with zero attached hydrogens (tertiary/aromatic N) is 1.